The minimum absolute atomic E-state index is 0. The Morgan fingerprint density at radius 1 is 0.600 bits per heavy atom. The van der Waals surface area contributed by atoms with Crippen LogP contribution in [0.5, 0.6) is 57.5 Å². The summed E-state index contributed by atoms with van der Waals surface area (Å²) in [5, 5.41) is 11.2. The molecule has 0 aromatic heterocycles. The van der Waals surface area contributed by atoms with Gasteiger partial charge in [-0.15, -0.1) is 6.42 Å². The first-order valence-corrected chi connectivity index (χ1v) is 35.0. The molecule has 10 rings (SSSR count). The third kappa shape index (κ3) is 16.9. The zero-order valence-corrected chi connectivity index (χ0v) is 62.8. The molecule has 0 bridgehead atoms. The van der Waals surface area contributed by atoms with E-state index < -0.39 is 5.60 Å². The Kier molecular flexibility index (Phi) is 28.5. The van der Waals surface area contributed by atoms with Crippen molar-refractivity contribution in [1.82, 2.24) is 0 Å². The maximum atomic E-state index is 12.9. The number of benzene rings is 4. The minimum Gasteiger partial charge on any atom is -1.00 e. The van der Waals surface area contributed by atoms with Gasteiger partial charge >= 0.3 is 11.9 Å². The summed E-state index contributed by atoms with van der Waals surface area (Å²) in [5.41, 5.74) is 8.41. The summed E-state index contributed by atoms with van der Waals surface area (Å²) in [6.07, 6.45) is 25.0. The van der Waals surface area contributed by atoms with E-state index in [1.807, 2.05) is 42.5 Å². The van der Waals surface area contributed by atoms with E-state index in [1.54, 1.807) is 71.1 Å². The number of carbonyl (C=O) groups is 3. The third-order valence-electron chi connectivity index (χ3n) is 22.9. The molecule has 4 aliphatic carbocycles. The molecular formula is C80H108Cl2N2O16. The summed E-state index contributed by atoms with van der Waals surface area (Å²) in [4.78, 5) is 37.5. The molecule has 4 aromatic rings. The molecule has 2 unspecified atom stereocenters. The van der Waals surface area contributed by atoms with Crippen LogP contribution in [-0.4, -0.2) is 162 Å². The maximum absolute atomic E-state index is 12.9. The van der Waals surface area contributed by atoms with Crippen LogP contribution in [0.1, 0.15) is 142 Å². The molecule has 10 atom stereocenters. The van der Waals surface area contributed by atoms with Crippen LogP contribution in [-0.2, 0) is 49.5 Å². The molecule has 548 valence electrons. The van der Waals surface area contributed by atoms with Crippen LogP contribution in [0, 0.1) is 41.4 Å². The van der Waals surface area contributed by atoms with Crippen molar-refractivity contribution in [3.8, 4) is 69.8 Å². The number of hydrogen-bond acceptors (Lipinski definition) is 16. The molecule has 2 aliphatic heterocycles. The van der Waals surface area contributed by atoms with Crippen molar-refractivity contribution >= 4 is 17.7 Å². The Balaban J connectivity index is 0.000000450. The number of rotatable bonds is 29. The lowest BCUT2D eigenvalue weighted by Crippen LogP contribution is -3.00. The summed E-state index contributed by atoms with van der Waals surface area (Å²) >= 11 is 0. The highest BCUT2D eigenvalue weighted by Crippen LogP contribution is 2.67. The van der Waals surface area contributed by atoms with Crippen LogP contribution in [0.2, 0.25) is 0 Å². The number of halogens is 2. The fourth-order valence-electron chi connectivity index (χ4n) is 17.7. The molecule has 2 heterocycles. The lowest BCUT2D eigenvalue weighted by Gasteiger charge is -2.56. The Bertz CT molecular complexity index is 3400. The number of esters is 2. The summed E-state index contributed by atoms with van der Waals surface area (Å²) in [6, 6.07) is 16.5. The molecule has 6 aliphatic rings. The molecule has 100 heavy (non-hydrogen) atoms. The van der Waals surface area contributed by atoms with Gasteiger partial charge < -0.3 is 95.7 Å². The number of nitrogens with zero attached hydrogens (tertiary/aromatic N) is 2. The van der Waals surface area contributed by atoms with Crippen molar-refractivity contribution in [2.45, 2.75) is 140 Å². The van der Waals surface area contributed by atoms with Crippen molar-refractivity contribution in [3.05, 3.63) is 118 Å². The van der Waals surface area contributed by atoms with E-state index >= 15 is 0 Å². The molecule has 0 radical (unpaired) electrons. The fourth-order valence-corrected chi connectivity index (χ4v) is 17.7. The number of fused-ring (bicyclic) bond motifs is 7. The molecule has 18 nitrogen and oxygen atoms in total. The predicted octanol–water partition coefficient (Wildman–Crippen LogP) is 7.09. The van der Waals surface area contributed by atoms with E-state index in [-0.39, 0.29) is 67.1 Å². The van der Waals surface area contributed by atoms with Crippen LogP contribution < -0.4 is 72.2 Å². The fraction of sp³-hybridized carbons (Fsp3) is 0.562. The monoisotopic (exact) mass is 1420 g/mol. The van der Waals surface area contributed by atoms with E-state index in [0.717, 1.165) is 104 Å². The normalized spacial score (nSPS) is 25.3. The number of methoxy groups -OCH3 is 10. The average molecular weight is 1420 g/mol. The summed E-state index contributed by atoms with van der Waals surface area (Å²) in [5.74, 6) is 10.9. The number of likely N-dealkylation sites (N-methyl/N-ethyl adjacent to an activating group) is 2. The number of hydrogen-bond donors (Lipinski definition) is 1. The molecule has 1 N–H and O–H groups in total. The van der Waals surface area contributed by atoms with Crippen LogP contribution in [0.15, 0.2) is 84.5 Å². The zero-order valence-electron chi connectivity index (χ0n) is 61.3. The van der Waals surface area contributed by atoms with Gasteiger partial charge in [-0.3, -0.25) is 14.4 Å². The smallest absolute Gasteiger partial charge is 0.306 e. The van der Waals surface area contributed by atoms with Crippen molar-refractivity contribution in [3.63, 3.8) is 0 Å². The molecule has 3 saturated carbocycles. The highest BCUT2D eigenvalue weighted by Gasteiger charge is 2.64. The largest absolute Gasteiger partial charge is 1.00 e. The molecule has 3 fully saturated rings. The van der Waals surface area contributed by atoms with Gasteiger partial charge in [-0.05, 0) is 158 Å². The van der Waals surface area contributed by atoms with Crippen molar-refractivity contribution in [1.29, 1.82) is 0 Å². The third-order valence-corrected chi connectivity index (χ3v) is 22.9. The van der Waals surface area contributed by atoms with E-state index in [1.165, 1.54) is 33.4 Å². The zero-order chi connectivity index (χ0) is 70.5. The second kappa shape index (κ2) is 35.6. The van der Waals surface area contributed by atoms with Gasteiger partial charge in [0.05, 0.1) is 125 Å². The molecule has 0 amide bonds. The SMILES string of the molecule is C#C[C@]1(O)CC[C@H]2[C@@H]3CCC4=CC(=O)CC[C@@H]4[C@H]3C(=C)C[C@@]21CC.COc1cc2c(cc1OC)[C@@H](Cc1cc(OC)c(OC)c(OC)c1)[N+](C)(CCCOC(=O)CC/C=C/CCC(=O)OCCC[N+]1(C)CCc3cc(OC)c(OC)cc3[C@H]1Cc1cc(OC)c(OC)c(OC)c1)CC2.[Cl-].[Cl-]. The topological polar surface area (TPSA) is 182 Å². The number of ketones is 1. The lowest BCUT2D eigenvalue weighted by atomic mass is 9.48. The number of ether oxygens (including phenoxy) is 12. The van der Waals surface area contributed by atoms with Gasteiger partial charge in [0.15, 0.2) is 51.8 Å². The van der Waals surface area contributed by atoms with Crippen LogP contribution >= 0.6 is 0 Å². The van der Waals surface area contributed by atoms with Gasteiger partial charge in [0.1, 0.15) is 17.7 Å². The highest BCUT2D eigenvalue weighted by atomic mass is 35.5. The van der Waals surface area contributed by atoms with Crippen molar-refractivity contribution in [2.24, 2.45) is 29.1 Å². The van der Waals surface area contributed by atoms with Crippen LogP contribution in [0.3, 0.4) is 0 Å². The van der Waals surface area contributed by atoms with Crippen molar-refractivity contribution < 1.29 is 110 Å². The van der Waals surface area contributed by atoms with E-state index in [0.29, 0.717) is 145 Å². The Morgan fingerprint density at radius 3 is 1.43 bits per heavy atom. The second-order valence-corrected chi connectivity index (χ2v) is 27.9. The Morgan fingerprint density at radius 2 is 1.03 bits per heavy atom. The summed E-state index contributed by atoms with van der Waals surface area (Å²) < 4.78 is 69.8. The lowest BCUT2D eigenvalue weighted by molar-refractivity contribution is -0.941. The molecular weight excluding hydrogens is 1320 g/mol. The molecule has 0 spiro atoms. The molecule has 20 heteroatoms. The molecule has 0 saturated heterocycles. The van der Waals surface area contributed by atoms with E-state index in [9.17, 15) is 19.5 Å². The van der Waals surface area contributed by atoms with E-state index in [4.69, 9.17) is 63.3 Å². The number of aliphatic hydroxyl groups is 1. The number of terminal acetylenes is 1. The van der Waals surface area contributed by atoms with Crippen LogP contribution in [0.4, 0.5) is 0 Å². The minimum atomic E-state index is -0.973. The molecule has 4 aromatic carbocycles. The first kappa shape index (κ1) is 80.0. The quantitative estimate of drug-likeness (QED) is 0.0191. The van der Waals surface area contributed by atoms with Gasteiger partial charge in [-0.2, -0.15) is 0 Å². The van der Waals surface area contributed by atoms with Gasteiger partial charge in [0, 0.05) is 74.3 Å². The maximum Gasteiger partial charge on any atom is 0.306 e. The number of carbonyl (C=O) groups excluding carboxylic acids is 3. The van der Waals surface area contributed by atoms with Gasteiger partial charge in [-0.25, -0.2) is 0 Å². The number of allylic oxidation sites excluding steroid dienone is 4. The first-order chi connectivity index (χ1) is 47.2. The van der Waals surface area contributed by atoms with Gasteiger partial charge in [0.2, 0.25) is 11.5 Å². The van der Waals surface area contributed by atoms with Gasteiger partial charge in [0.25, 0.3) is 0 Å². The first-order valence-electron chi connectivity index (χ1n) is 35.0. The Labute approximate surface area is 606 Å². The average Bonchev–Trinajstić information content (AvgIpc) is 1.49. The Hall–Kier alpha value is -7.27. The number of quaternary nitrogens is 2. The van der Waals surface area contributed by atoms with E-state index in [2.05, 4.69) is 57.8 Å². The summed E-state index contributed by atoms with van der Waals surface area (Å²) in [6.45, 7) is 10.7. The van der Waals surface area contributed by atoms with Crippen molar-refractivity contribution in [2.75, 3.05) is 125 Å². The predicted molar refractivity (Wildman–Crippen MR) is 377 cm³/mol. The standard InChI is InChI=1S/C58H80N2O14.C22H28O2.2ClH/c1-59(25-21-41-35-47(63-3)49(65-5)37-43(41)45(59)29-39-31-51(67-7)57(71-11)52(32-39)68-8)23-17-27-73-55(61)19-15-13-14-16-20-56(62)74-28-18-24-60(2)26-22-42-36-48(64-4)50(66-6)38-44(42)46(60)30-40-33-53(69-9)58(72-12)54(34-40)70-10;1-4-21-13-14(3)20-17-9-7-16(23)12-15(17)6-8-18(20)19(21)10-11-22(21,24)5-2;;/h13-14,31-38,45-46H,15-30H2,1-12H3;2,12,17-20,24H,3-4,6-11,13H2,1H3;2*1H/q+2;;;/p-2/b14-13+;;;/t45-,46-,59?,60?;17-,18-,19-,20+,21-,22-;;/m10../s1. The second-order valence-electron chi connectivity index (χ2n) is 27.9. The highest BCUT2D eigenvalue weighted by molar-refractivity contribution is 5.91. The van der Waals surface area contributed by atoms with Gasteiger partial charge in [-0.1, -0.05) is 42.7 Å². The van der Waals surface area contributed by atoms with Crippen LogP contribution in [0.25, 0.3) is 0 Å². The summed E-state index contributed by atoms with van der Waals surface area (Å²) in [7, 11) is 20.9.